The van der Waals surface area contributed by atoms with Crippen LogP contribution in [0, 0.1) is 0 Å². The first-order valence-electron chi connectivity index (χ1n) is 8.21. The second-order valence-corrected chi connectivity index (χ2v) is 7.29. The summed E-state index contributed by atoms with van der Waals surface area (Å²) in [5.74, 6) is 1.18. The minimum Gasteiger partial charge on any atom is -0.354 e. The van der Waals surface area contributed by atoms with E-state index in [0.717, 1.165) is 38.8 Å². The third-order valence-electron chi connectivity index (χ3n) is 4.55. The Balaban J connectivity index is 1.64. The standard InChI is InChI=1S/C17H28N4/c1-17(2,3)21-11-9-20(10-12-21)16-14(5-4-8-18-16)13-19-15-6-7-15/h4-5,8,15,19H,6-7,9-13H2,1-3H3. The van der Waals surface area contributed by atoms with Crippen LogP contribution in [0.25, 0.3) is 0 Å². The van der Waals surface area contributed by atoms with E-state index in [4.69, 9.17) is 0 Å². The van der Waals surface area contributed by atoms with Gasteiger partial charge in [-0.25, -0.2) is 4.98 Å². The first-order chi connectivity index (χ1) is 10.0. The highest BCUT2D eigenvalue weighted by molar-refractivity contribution is 5.47. The van der Waals surface area contributed by atoms with Crippen LogP contribution in [0.5, 0.6) is 0 Å². The van der Waals surface area contributed by atoms with Crippen molar-refractivity contribution in [3.8, 4) is 0 Å². The van der Waals surface area contributed by atoms with E-state index in [0.29, 0.717) is 0 Å². The lowest BCUT2D eigenvalue weighted by molar-refractivity contribution is 0.128. The summed E-state index contributed by atoms with van der Waals surface area (Å²) in [7, 11) is 0. The van der Waals surface area contributed by atoms with Crippen LogP contribution in [0.3, 0.4) is 0 Å². The molecule has 0 radical (unpaired) electrons. The average molecular weight is 288 g/mol. The molecule has 0 aromatic carbocycles. The van der Waals surface area contributed by atoms with E-state index >= 15 is 0 Å². The van der Waals surface area contributed by atoms with Crippen LogP contribution in [-0.4, -0.2) is 47.6 Å². The summed E-state index contributed by atoms with van der Waals surface area (Å²) in [6.45, 7) is 12.2. The largest absolute Gasteiger partial charge is 0.354 e. The highest BCUT2D eigenvalue weighted by Crippen LogP contribution is 2.24. The molecule has 0 spiro atoms. The summed E-state index contributed by atoms with van der Waals surface area (Å²) in [5, 5.41) is 3.61. The third-order valence-corrected chi connectivity index (χ3v) is 4.55. The van der Waals surface area contributed by atoms with Crippen molar-refractivity contribution in [2.75, 3.05) is 31.1 Å². The van der Waals surface area contributed by atoms with Gasteiger partial charge in [-0.15, -0.1) is 0 Å². The van der Waals surface area contributed by atoms with Gasteiger partial charge < -0.3 is 10.2 Å². The highest BCUT2D eigenvalue weighted by Gasteiger charge is 2.27. The van der Waals surface area contributed by atoms with Gasteiger partial charge in [0.1, 0.15) is 5.82 Å². The molecule has 1 saturated carbocycles. The molecule has 4 heteroatoms. The number of piperazine rings is 1. The normalized spacial score (nSPS) is 20.8. The Morgan fingerprint density at radius 2 is 1.90 bits per heavy atom. The number of nitrogens with zero attached hydrogens (tertiary/aromatic N) is 3. The summed E-state index contributed by atoms with van der Waals surface area (Å²) in [5.41, 5.74) is 1.61. The molecular formula is C17H28N4. The Bertz CT molecular complexity index is 468. The number of pyridine rings is 1. The Morgan fingerprint density at radius 1 is 1.19 bits per heavy atom. The van der Waals surface area contributed by atoms with E-state index in [-0.39, 0.29) is 5.54 Å². The second kappa shape index (κ2) is 5.93. The number of aromatic nitrogens is 1. The molecule has 1 aliphatic heterocycles. The summed E-state index contributed by atoms with van der Waals surface area (Å²) in [4.78, 5) is 9.67. The van der Waals surface area contributed by atoms with Gasteiger partial charge in [0.15, 0.2) is 0 Å². The molecule has 21 heavy (non-hydrogen) atoms. The molecule has 116 valence electrons. The quantitative estimate of drug-likeness (QED) is 0.921. The molecule has 0 unspecified atom stereocenters. The lowest BCUT2D eigenvalue weighted by atomic mass is 10.0. The summed E-state index contributed by atoms with van der Waals surface area (Å²) in [6.07, 6.45) is 4.59. The highest BCUT2D eigenvalue weighted by atomic mass is 15.3. The second-order valence-electron chi connectivity index (χ2n) is 7.29. The lowest BCUT2D eigenvalue weighted by Crippen LogP contribution is -2.53. The minimum absolute atomic E-state index is 0.270. The van der Waals surface area contributed by atoms with Crippen LogP contribution in [0.4, 0.5) is 5.82 Å². The Hall–Kier alpha value is -1.13. The van der Waals surface area contributed by atoms with Gasteiger partial charge in [0.2, 0.25) is 0 Å². The zero-order valence-electron chi connectivity index (χ0n) is 13.6. The molecule has 1 aromatic heterocycles. The fourth-order valence-corrected chi connectivity index (χ4v) is 2.98. The Kier molecular flexibility index (Phi) is 4.18. The van der Waals surface area contributed by atoms with Gasteiger partial charge in [-0.05, 0) is 39.7 Å². The molecule has 0 atom stereocenters. The molecule has 1 aliphatic carbocycles. The van der Waals surface area contributed by atoms with Crippen LogP contribution in [-0.2, 0) is 6.54 Å². The van der Waals surface area contributed by atoms with Crippen molar-refractivity contribution in [3.63, 3.8) is 0 Å². The van der Waals surface area contributed by atoms with Crippen LogP contribution >= 0.6 is 0 Å². The van der Waals surface area contributed by atoms with Gasteiger partial charge in [0, 0.05) is 56.1 Å². The van der Waals surface area contributed by atoms with E-state index in [1.807, 2.05) is 6.20 Å². The maximum atomic E-state index is 4.66. The monoisotopic (exact) mass is 288 g/mol. The molecule has 2 fully saturated rings. The van der Waals surface area contributed by atoms with Crippen molar-refractivity contribution >= 4 is 5.82 Å². The molecule has 2 heterocycles. The summed E-state index contributed by atoms with van der Waals surface area (Å²) in [6, 6.07) is 5.02. The van der Waals surface area contributed by atoms with Crippen LogP contribution < -0.4 is 10.2 Å². The summed E-state index contributed by atoms with van der Waals surface area (Å²) < 4.78 is 0. The number of hydrogen-bond donors (Lipinski definition) is 1. The third kappa shape index (κ3) is 3.74. The van der Waals surface area contributed by atoms with E-state index in [2.05, 4.69) is 53.0 Å². The fourth-order valence-electron chi connectivity index (χ4n) is 2.98. The lowest BCUT2D eigenvalue weighted by Gasteiger charge is -2.43. The Morgan fingerprint density at radius 3 is 2.52 bits per heavy atom. The maximum absolute atomic E-state index is 4.66. The van der Waals surface area contributed by atoms with Crippen molar-refractivity contribution < 1.29 is 0 Å². The molecule has 3 rings (SSSR count). The van der Waals surface area contributed by atoms with Gasteiger partial charge >= 0.3 is 0 Å². The predicted octanol–water partition coefficient (Wildman–Crippen LogP) is 2.25. The number of hydrogen-bond acceptors (Lipinski definition) is 4. The summed E-state index contributed by atoms with van der Waals surface area (Å²) >= 11 is 0. The van der Waals surface area contributed by atoms with E-state index in [1.54, 1.807) is 0 Å². The van der Waals surface area contributed by atoms with E-state index in [1.165, 1.54) is 24.2 Å². The van der Waals surface area contributed by atoms with Crippen LogP contribution in [0.15, 0.2) is 18.3 Å². The van der Waals surface area contributed by atoms with Crippen molar-refractivity contribution in [3.05, 3.63) is 23.9 Å². The van der Waals surface area contributed by atoms with Gasteiger partial charge in [-0.3, -0.25) is 4.90 Å². The van der Waals surface area contributed by atoms with Crippen LogP contribution in [0.1, 0.15) is 39.2 Å². The van der Waals surface area contributed by atoms with Crippen molar-refractivity contribution in [1.29, 1.82) is 0 Å². The van der Waals surface area contributed by atoms with Crippen molar-refractivity contribution in [2.24, 2.45) is 0 Å². The molecule has 2 aliphatic rings. The molecule has 1 N–H and O–H groups in total. The number of rotatable bonds is 4. The van der Waals surface area contributed by atoms with E-state index < -0.39 is 0 Å². The van der Waals surface area contributed by atoms with E-state index in [9.17, 15) is 0 Å². The topological polar surface area (TPSA) is 31.4 Å². The first kappa shape index (κ1) is 14.8. The van der Waals surface area contributed by atoms with Crippen LogP contribution in [0.2, 0.25) is 0 Å². The number of anilines is 1. The molecule has 0 bridgehead atoms. The first-order valence-corrected chi connectivity index (χ1v) is 8.21. The number of nitrogens with one attached hydrogen (secondary N) is 1. The zero-order valence-corrected chi connectivity index (χ0v) is 13.6. The van der Waals surface area contributed by atoms with Gasteiger partial charge in [0.05, 0.1) is 0 Å². The molecule has 4 nitrogen and oxygen atoms in total. The SMILES string of the molecule is CC(C)(C)N1CCN(c2ncccc2CNC2CC2)CC1. The molecular weight excluding hydrogens is 260 g/mol. The van der Waals surface area contributed by atoms with Crippen molar-refractivity contribution in [2.45, 2.75) is 51.7 Å². The predicted molar refractivity (Wildman–Crippen MR) is 87.6 cm³/mol. The zero-order chi connectivity index (χ0) is 14.9. The average Bonchev–Trinajstić information content (AvgIpc) is 3.29. The molecule has 0 amide bonds. The van der Waals surface area contributed by atoms with Gasteiger partial charge in [0.25, 0.3) is 0 Å². The van der Waals surface area contributed by atoms with Gasteiger partial charge in [-0.2, -0.15) is 0 Å². The smallest absolute Gasteiger partial charge is 0.133 e. The Labute approximate surface area is 128 Å². The van der Waals surface area contributed by atoms with Crippen molar-refractivity contribution in [1.82, 2.24) is 15.2 Å². The maximum Gasteiger partial charge on any atom is 0.133 e. The fraction of sp³-hybridized carbons (Fsp3) is 0.706. The minimum atomic E-state index is 0.270. The molecule has 1 aromatic rings. The van der Waals surface area contributed by atoms with Gasteiger partial charge in [-0.1, -0.05) is 6.07 Å². The molecule has 1 saturated heterocycles.